The summed E-state index contributed by atoms with van der Waals surface area (Å²) in [7, 11) is 1.83. The van der Waals surface area contributed by atoms with Crippen molar-refractivity contribution >= 4 is 22.7 Å². The number of hydrogen-bond donors (Lipinski definition) is 1. The van der Waals surface area contributed by atoms with Crippen LogP contribution in [0.1, 0.15) is 66.1 Å². The van der Waals surface area contributed by atoms with Crippen LogP contribution in [0.15, 0.2) is 47.2 Å². The van der Waals surface area contributed by atoms with Gasteiger partial charge in [-0.1, -0.05) is 17.3 Å². The number of alkyl halides is 3. The van der Waals surface area contributed by atoms with E-state index in [1.165, 1.54) is 18.3 Å². The van der Waals surface area contributed by atoms with Crippen molar-refractivity contribution in [2.24, 2.45) is 7.05 Å². The van der Waals surface area contributed by atoms with Crippen molar-refractivity contribution in [1.82, 2.24) is 14.7 Å². The maximum absolute atomic E-state index is 13.1. The zero-order chi connectivity index (χ0) is 29.2. The van der Waals surface area contributed by atoms with Gasteiger partial charge in [0.15, 0.2) is 0 Å². The van der Waals surface area contributed by atoms with Gasteiger partial charge in [-0.2, -0.15) is 0 Å². The number of carboxylic acids is 1. The van der Waals surface area contributed by atoms with Gasteiger partial charge in [-0.05, 0) is 56.7 Å². The van der Waals surface area contributed by atoms with E-state index in [1.54, 1.807) is 12.1 Å². The average Bonchev–Trinajstić information content (AvgIpc) is 3.51. The summed E-state index contributed by atoms with van der Waals surface area (Å²) in [6.45, 7) is 0.170. The first-order valence-electron chi connectivity index (χ1n) is 14.1. The minimum atomic E-state index is -4.84. The number of aryl methyl sites for hydroxylation is 1. The number of aromatic carboxylic acids is 1. The van der Waals surface area contributed by atoms with Crippen molar-refractivity contribution in [1.29, 1.82) is 0 Å². The molecule has 3 atom stereocenters. The van der Waals surface area contributed by atoms with E-state index in [-0.39, 0.29) is 47.6 Å². The molecular formula is C30H29F3N4O5. The Morgan fingerprint density at radius 1 is 1.12 bits per heavy atom. The lowest BCUT2D eigenvalue weighted by Crippen LogP contribution is -2.46. The number of pyridine rings is 1. The predicted octanol–water partition coefficient (Wildman–Crippen LogP) is 6.42. The van der Waals surface area contributed by atoms with Crippen LogP contribution >= 0.6 is 0 Å². The molecule has 2 bridgehead atoms. The third-order valence-electron chi connectivity index (χ3n) is 8.65. The highest BCUT2D eigenvalue weighted by atomic mass is 19.4. The lowest BCUT2D eigenvalue weighted by Gasteiger charge is -2.40. The first-order valence-corrected chi connectivity index (χ1v) is 14.1. The number of halogens is 3. The van der Waals surface area contributed by atoms with Crippen molar-refractivity contribution in [2.45, 2.75) is 75.6 Å². The van der Waals surface area contributed by atoms with Crippen molar-refractivity contribution in [2.75, 3.05) is 4.90 Å². The van der Waals surface area contributed by atoms with Gasteiger partial charge >= 0.3 is 12.3 Å². The number of aromatic nitrogens is 3. The molecule has 2 aliphatic heterocycles. The summed E-state index contributed by atoms with van der Waals surface area (Å²) in [5.41, 5.74) is 2.01. The fourth-order valence-electron chi connectivity index (χ4n) is 6.69. The Balaban J connectivity index is 1.12. The highest BCUT2D eigenvalue weighted by Gasteiger charge is 2.43. The van der Waals surface area contributed by atoms with E-state index in [2.05, 4.69) is 19.8 Å². The zero-order valence-electron chi connectivity index (χ0n) is 22.8. The molecule has 2 saturated heterocycles. The standard InChI is InChI=1S/C30H29F3N4O5/c1-36-11-10-21-26(36)22(29(38)39)14-34-28(21)37-17-8-9-18(37)13-19(12-17)40-15-23-25(35-42-27(23)16-6-7-16)20-4-2-3-5-24(20)41-30(31,32)33/h2-5,10-11,14,16-19H,6-9,12-13,15H2,1H3,(H,38,39)/t17-,18?,19?/m0/s1. The molecule has 1 saturated carbocycles. The number of para-hydroxylation sites is 1. The molecule has 2 unspecified atom stereocenters. The second kappa shape index (κ2) is 10.0. The Bertz CT molecular complexity index is 1650. The minimum Gasteiger partial charge on any atom is -0.478 e. The Hall–Kier alpha value is -4.06. The molecular weight excluding hydrogens is 553 g/mol. The lowest BCUT2D eigenvalue weighted by atomic mass is 9.98. The summed E-state index contributed by atoms with van der Waals surface area (Å²) >= 11 is 0. The van der Waals surface area contributed by atoms with Gasteiger partial charge in [-0.3, -0.25) is 0 Å². The Labute approximate surface area is 238 Å². The van der Waals surface area contributed by atoms with Gasteiger partial charge in [-0.25, -0.2) is 9.78 Å². The van der Waals surface area contributed by atoms with E-state index < -0.39 is 12.3 Å². The molecule has 1 aromatic carbocycles. The van der Waals surface area contributed by atoms with Crippen LogP contribution in [-0.2, 0) is 18.4 Å². The van der Waals surface area contributed by atoms with Crippen molar-refractivity contribution < 1.29 is 37.1 Å². The summed E-state index contributed by atoms with van der Waals surface area (Å²) in [4.78, 5) is 18.7. The van der Waals surface area contributed by atoms with E-state index in [4.69, 9.17) is 9.26 Å². The number of benzene rings is 1. The van der Waals surface area contributed by atoms with Gasteiger partial charge in [0.1, 0.15) is 28.6 Å². The van der Waals surface area contributed by atoms with Crippen LogP contribution in [0.2, 0.25) is 0 Å². The van der Waals surface area contributed by atoms with Gasteiger partial charge in [0, 0.05) is 54.0 Å². The minimum absolute atomic E-state index is 0.0696. The molecule has 0 amide bonds. The monoisotopic (exact) mass is 582 g/mol. The molecule has 1 N–H and O–H groups in total. The molecule has 9 nitrogen and oxygen atoms in total. The molecule has 42 heavy (non-hydrogen) atoms. The van der Waals surface area contributed by atoms with Crippen molar-refractivity contribution in [3.05, 3.63) is 59.6 Å². The van der Waals surface area contributed by atoms with E-state index in [0.717, 1.165) is 49.7 Å². The zero-order valence-corrected chi connectivity index (χ0v) is 22.8. The molecule has 3 fully saturated rings. The Kier molecular flexibility index (Phi) is 6.41. The fraction of sp³-hybridized carbons (Fsp3) is 0.433. The second-order valence-electron chi connectivity index (χ2n) is 11.4. The van der Waals surface area contributed by atoms with Crippen LogP contribution in [-0.4, -0.2) is 50.3 Å². The topological polar surface area (TPSA) is 103 Å². The highest BCUT2D eigenvalue weighted by molar-refractivity contribution is 6.05. The average molecular weight is 583 g/mol. The maximum atomic E-state index is 13.1. The normalized spacial score (nSPS) is 22.2. The number of carbonyl (C=O) groups is 1. The van der Waals surface area contributed by atoms with Gasteiger partial charge in [0.2, 0.25) is 0 Å². The molecule has 1 aliphatic carbocycles. The van der Waals surface area contributed by atoms with E-state index in [9.17, 15) is 23.1 Å². The van der Waals surface area contributed by atoms with Gasteiger partial charge in [0.05, 0.1) is 18.2 Å². The summed E-state index contributed by atoms with van der Waals surface area (Å²) in [5, 5.41) is 14.7. The summed E-state index contributed by atoms with van der Waals surface area (Å²) in [6, 6.07) is 8.21. The van der Waals surface area contributed by atoms with Gasteiger partial charge < -0.3 is 28.6 Å². The van der Waals surface area contributed by atoms with Crippen LogP contribution in [0, 0.1) is 0 Å². The summed E-state index contributed by atoms with van der Waals surface area (Å²) in [6.07, 6.45) is 3.70. The molecule has 12 heteroatoms. The lowest BCUT2D eigenvalue weighted by molar-refractivity contribution is -0.274. The highest BCUT2D eigenvalue weighted by Crippen LogP contribution is 2.47. The summed E-state index contributed by atoms with van der Waals surface area (Å²) < 4.78 is 57.6. The maximum Gasteiger partial charge on any atom is 0.573 e. The number of hydrogen-bond acceptors (Lipinski definition) is 7. The quantitative estimate of drug-likeness (QED) is 0.254. The number of carboxylic acid groups (broad SMARTS) is 1. The smallest absolute Gasteiger partial charge is 0.478 e. The van der Waals surface area contributed by atoms with Gasteiger partial charge in [0.25, 0.3) is 0 Å². The molecule has 0 radical (unpaired) electrons. The summed E-state index contributed by atoms with van der Waals surface area (Å²) in [5.74, 6) is 0.303. The predicted molar refractivity (Wildman–Crippen MR) is 145 cm³/mol. The number of ether oxygens (including phenoxy) is 2. The number of piperidine rings is 1. The molecule has 4 aromatic rings. The van der Waals surface area contributed by atoms with Crippen LogP contribution in [0.4, 0.5) is 19.0 Å². The van der Waals surface area contributed by atoms with Crippen LogP contribution in [0.5, 0.6) is 5.75 Å². The number of anilines is 1. The van der Waals surface area contributed by atoms with Crippen molar-refractivity contribution in [3.8, 4) is 17.0 Å². The largest absolute Gasteiger partial charge is 0.573 e. The van der Waals surface area contributed by atoms with Gasteiger partial charge in [-0.15, -0.1) is 13.2 Å². The molecule has 0 spiro atoms. The molecule has 220 valence electrons. The Morgan fingerprint density at radius 3 is 2.55 bits per heavy atom. The fourth-order valence-corrected chi connectivity index (χ4v) is 6.69. The van der Waals surface area contributed by atoms with E-state index in [0.29, 0.717) is 22.5 Å². The van der Waals surface area contributed by atoms with Crippen molar-refractivity contribution in [3.63, 3.8) is 0 Å². The Morgan fingerprint density at radius 2 is 1.86 bits per heavy atom. The van der Waals surface area contributed by atoms with Crippen LogP contribution in [0.3, 0.4) is 0 Å². The molecule has 7 rings (SSSR count). The molecule has 3 aromatic heterocycles. The first-order chi connectivity index (χ1) is 20.2. The third kappa shape index (κ3) is 4.77. The van der Waals surface area contributed by atoms with Crippen LogP contribution in [0.25, 0.3) is 22.2 Å². The number of rotatable bonds is 8. The second-order valence-corrected chi connectivity index (χ2v) is 11.4. The van der Waals surface area contributed by atoms with E-state index >= 15 is 0 Å². The number of fused-ring (bicyclic) bond motifs is 3. The third-order valence-corrected chi connectivity index (χ3v) is 8.65. The first kappa shape index (κ1) is 26.8. The number of nitrogens with zero attached hydrogens (tertiary/aromatic N) is 4. The van der Waals surface area contributed by atoms with E-state index in [1.807, 2.05) is 23.9 Å². The molecule has 5 heterocycles. The SMILES string of the molecule is Cn1ccc2c(N3C4CC[C@H]3CC(OCc3c(-c5ccccc5OC(F)(F)F)noc3C3CC3)C4)ncc(C(=O)O)c21. The molecule has 3 aliphatic rings. The van der Waals surface area contributed by atoms with Crippen LogP contribution < -0.4 is 9.64 Å².